The van der Waals surface area contributed by atoms with Gasteiger partial charge in [-0.15, -0.1) is 0 Å². The summed E-state index contributed by atoms with van der Waals surface area (Å²) in [6.07, 6.45) is 2.68. The maximum atomic E-state index is 11.8. The van der Waals surface area contributed by atoms with Crippen LogP contribution in [0.15, 0.2) is 0 Å². The van der Waals surface area contributed by atoms with Gasteiger partial charge in [0.05, 0.1) is 12.5 Å². The van der Waals surface area contributed by atoms with E-state index in [1.54, 1.807) is 0 Å². The number of carbonyl (C=O) groups is 1. The smallest absolute Gasteiger partial charge is 0.306 e. The van der Waals surface area contributed by atoms with Crippen LogP contribution in [0.4, 0.5) is 0 Å². The van der Waals surface area contributed by atoms with Crippen molar-refractivity contribution in [3.63, 3.8) is 0 Å². The summed E-state index contributed by atoms with van der Waals surface area (Å²) in [6.45, 7) is 18.1. The standard InChI is InChI=1S/C17H32O3Si/c1-15(2,3)21(7,8)20-13-9-10-17(6)12(16(13,4)5)11-14(18)19-17/h12-13H,9-11H2,1-8H3/t12-,13-,17-/m0/s1. The van der Waals surface area contributed by atoms with Crippen LogP contribution >= 0.6 is 0 Å². The minimum atomic E-state index is -1.79. The minimum Gasteiger partial charge on any atom is -0.459 e. The molecule has 0 unspecified atom stereocenters. The Hall–Kier alpha value is -0.353. The summed E-state index contributed by atoms with van der Waals surface area (Å²) in [4.78, 5) is 11.8. The Labute approximate surface area is 130 Å². The molecule has 1 aliphatic carbocycles. The van der Waals surface area contributed by atoms with Gasteiger partial charge in [-0.1, -0.05) is 34.6 Å². The molecule has 3 nitrogen and oxygen atoms in total. The number of rotatable bonds is 2. The fourth-order valence-corrected chi connectivity index (χ4v) is 5.27. The highest BCUT2D eigenvalue weighted by Crippen LogP contribution is 2.55. The first kappa shape index (κ1) is 17.0. The second-order valence-electron chi connectivity index (χ2n) is 9.27. The van der Waals surface area contributed by atoms with Crippen LogP contribution in [0.1, 0.15) is 60.8 Å². The van der Waals surface area contributed by atoms with Gasteiger partial charge >= 0.3 is 5.97 Å². The van der Waals surface area contributed by atoms with Gasteiger partial charge in [0.25, 0.3) is 0 Å². The Morgan fingerprint density at radius 3 is 2.33 bits per heavy atom. The van der Waals surface area contributed by atoms with Crippen molar-refractivity contribution in [3.8, 4) is 0 Å². The molecule has 0 aromatic rings. The molecule has 0 bridgehead atoms. The fourth-order valence-electron chi connectivity index (χ4n) is 3.79. The SMILES string of the molecule is CC1(C)[C@@H](O[Si](C)(C)C(C)(C)C)CC[C@]2(C)OC(=O)C[C@@H]12. The van der Waals surface area contributed by atoms with Gasteiger partial charge in [-0.2, -0.15) is 0 Å². The molecule has 1 saturated heterocycles. The Balaban J connectivity index is 2.23. The third-order valence-corrected chi connectivity index (χ3v) is 10.8. The first-order chi connectivity index (χ1) is 9.30. The first-order valence-corrected chi connectivity index (χ1v) is 11.1. The molecule has 0 N–H and O–H groups in total. The monoisotopic (exact) mass is 312 g/mol. The van der Waals surface area contributed by atoms with E-state index in [0.29, 0.717) is 6.42 Å². The van der Waals surface area contributed by atoms with Crippen molar-refractivity contribution in [3.05, 3.63) is 0 Å². The van der Waals surface area contributed by atoms with E-state index in [2.05, 4.69) is 54.6 Å². The summed E-state index contributed by atoms with van der Waals surface area (Å²) in [5.41, 5.74) is -0.303. The first-order valence-electron chi connectivity index (χ1n) is 8.19. The van der Waals surface area contributed by atoms with E-state index in [9.17, 15) is 4.79 Å². The van der Waals surface area contributed by atoms with E-state index < -0.39 is 8.32 Å². The second kappa shape index (κ2) is 4.82. The van der Waals surface area contributed by atoms with Crippen LogP contribution < -0.4 is 0 Å². The lowest BCUT2D eigenvalue weighted by Gasteiger charge is -2.52. The summed E-state index contributed by atoms with van der Waals surface area (Å²) in [5, 5.41) is 0.214. The molecular weight excluding hydrogens is 280 g/mol. The molecule has 122 valence electrons. The van der Waals surface area contributed by atoms with E-state index in [1.807, 2.05) is 0 Å². The van der Waals surface area contributed by atoms with Crippen molar-refractivity contribution in [2.45, 2.75) is 90.6 Å². The van der Waals surface area contributed by atoms with Crippen LogP contribution in [-0.2, 0) is 14.0 Å². The Bertz CT molecular complexity index is 436. The van der Waals surface area contributed by atoms with Crippen LogP contribution in [0.2, 0.25) is 18.1 Å². The van der Waals surface area contributed by atoms with Crippen molar-refractivity contribution in [2.24, 2.45) is 11.3 Å². The van der Waals surface area contributed by atoms with Crippen LogP contribution in [-0.4, -0.2) is 26.0 Å². The largest absolute Gasteiger partial charge is 0.459 e. The zero-order valence-electron chi connectivity index (χ0n) is 15.0. The number of esters is 1. The lowest BCUT2D eigenvalue weighted by molar-refractivity contribution is -0.157. The van der Waals surface area contributed by atoms with E-state index in [4.69, 9.17) is 9.16 Å². The maximum absolute atomic E-state index is 11.8. The third-order valence-electron chi connectivity index (χ3n) is 6.33. The highest BCUT2D eigenvalue weighted by atomic mass is 28.4. The molecule has 0 amide bonds. The van der Waals surface area contributed by atoms with Gasteiger partial charge in [0.15, 0.2) is 8.32 Å². The molecule has 1 aliphatic heterocycles. The quantitative estimate of drug-likeness (QED) is 0.555. The molecule has 1 heterocycles. The average Bonchev–Trinajstić information content (AvgIpc) is 2.58. The van der Waals surface area contributed by atoms with E-state index in [-0.39, 0.29) is 34.0 Å². The van der Waals surface area contributed by atoms with Crippen molar-refractivity contribution in [2.75, 3.05) is 0 Å². The maximum Gasteiger partial charge on any atom is 0.306 e. The van der Waals surface area contributed by atoms with Crippen molar-refractivity contribution in [1.29, 1.82) is 0 Å². The van der Waals surface area contributed by atoms with Gasteiger partial charge in [0.2, 0.25) is 0 Å². The van der Waals surface area contributed by atoms with Crippen molar-refractivity contribution < 1.29 is 14.0 Å². The summed E-state index contributed by atoms with van der Waals surface area (Å²) in [6, 6.07) is 0. The molecule has 0 aromatic heterocycles. The van der Waals surface area contributed by atoms with Gasteiger partial charge < -0.3 is 9.16 Å². The number of fused-ring (bicyclic) bond motifs is 1. The van der Waals surface area contributed by atoms with Crippen LogP contribution in [0.3, 0.4) is 0 Å². The predicted molar refractivity (Wildman–Crippen MR) is 87.7 cm³/mol. The van der Waals surface area contributed by atoms with Gasteiger partial charge in [0, 0.05) is 5.92 Å². The minimum absolute atomic E-state index is 0.0192. The van der Waals surface area contributed by atoms with Crippen LogP contribution in [0, 0.1) is 11.3 Å². The normalized spacial score (nSPS) is 36.3. The Morgan fingerprint density at radius 1 is 1.24 bits per heavy atom. The van der Waals surface area contributed by atoms with Crippen molar-refractivity contribution >= 4 is 14.3 Å². The fraction of sp³-hybridized carbons (Fsp3) is 0.941. The predicted octanol–water partition coefficient (Wildman–Crippen LogP) is 4.52. The molecular formula is C17H32O3Si. The molecule has 21 heavy (non-hydrogen) atoms. The molecule has 2 rings (SSSR count). The molecule has 0 radical (unpaired) electrons. The average molecular weight is 313 g/mol. The number of carbonyl (C=O) groups excluding carboxylic acids is 1. The Kier molecular flexibility index (Phi) is 3.90. The van der Waals surface area contributed by atoms with E-state index in [0.717, 1.165) is 12.8 Å². The second-order valence-corrected chi connectivity index (χ2v) is 14.0. The number of ether oxygens (including phenoxy) is 1. The zero-order valence-corrected chi connectivity index (χ0v) is 16.0. The van der Waals surface area contributed by atoms with Gasteiger partial charge in [-0.05, 0) is 43.3 Å². The summed E-state index contributed by atoms with van der Waals surface area (Å²) in [5.74, 6) is 0.226. The summed E-state index contributed by atoms with van der Waals surface area (Å²) < 4.78 is 12.4. The summed E-state index contributed by atoms with van der Waals surface area (Å²) in [7, 11) is -1.79. The number of hydrogen-bond acceptors (Lipinski definition) is 3. The van der Waals surface area contributed by atoms with E-state index in [1.165, 1.54) is 0 Å². The van der Waals surface area contributed by atoms with Crippen LogP contribution in [0.5, 0.6) is 0 Å². The molecule has 0 spiro atoms. The van der Waals surface area contributed by atoms with E-state index >= 15 is 0 Å². The molecule has 2 fully saturated rings. The lowest BCUT2D eigenvalue weighted by Crippen LogP contribution is -2.56. The highest BCUT2D eigenvalue weighted by Gasteiger charge is 2.59. The van der Waals surface area contributed by atoms with Gasteiger partial charge in [0.1, 0.15) is 5.60 Å². The molecule has 4 heteroatoms. The van der Waals surface area contributed by atoms with Gasteiger partial charge in [-0.25, -0.2) is 0 Å². The Morgan fingerprint density at radius 2 is 1.81 bits per heavy atom. The van der Waals surface area contributed by atoms with Crippen molar-refractivity contribution in [1.82, 2.24) is 0 Å². The topological polar surface area (TPSA) is 35.5 Å². The van der Waals surface area contributed by atoms with Crippen LogP contribution in [0.25, 0.3) is 0 Å². The summed E-state index contributed by atoms with van der Waals surface area (Å²) >= 11 is 0. The molecule has 1 saturated carbocycles. The molecule has 3 atom stereocenters. The number of hydrogen-bond donors (Lipinski definition) is 0. The molecule has 2 aliphatic rings. The third kappa shape index (κ3) is 2.81. The molecule has 0 aromatic carbocycles. The lowest BCUT2D eigenvalue weighted by atomic mass is 9.60. The zero-order chi connectivity index (χ0) is 16.3. The van der Waals surface area contributed by atoms with Gasteiger partial charge in [-0.3, -0.25) is 4.79 Å². The highest BCUT2D eigenvalue weighted by molar-refractivity contribution is 6.74.